The number of nitrogens with one attached hydrogen (secondary N) is 1. The monoisotopic (exact) mass is 404 g/mol. The number of piperidine rings is 2. The Balaban J connectivity index is 1.30. The molecule has 0 amide bonds. The fourth-order valence-corrected chi connectivity index (χ4v) is 5.68. The van der Waals surface area contributed by atoms with Gasteiger partial charge in [-0.25, -0.2) is 0 Å². The number of nitrogens with zero attached hydrogens (tertiary/aromatic N) is 1. The summed E-state index contributed by atoms with van der Waals surface area (Å²) in [5.74, 6) is 2.47. The highest BCUT2D eigenvalue weighted by Gasteiger charge is 2.40. The van der Waals surface area contributed by atoms with Crippen LogP contribution in [-0.2, 0) is 13.0 Å². The largest absolute Gasteiger partial charge is 0.491 e. The summed E-state index contributed by atoms with van der Waals surface area (Å²) < 4.78 is 5.74. The minimum Gasteiger partial charge on any atom is -0.491 e. The van der Waals surface area contributed by atoms with E-state index >= 15 is 0 Å². The molecule has 158 valence electrons. The average Bonchev–Trinajstić information content (AvgIpc) is 3.22. The lowest BCUT2D eigenvalue weighted by Gasteiger charge is -2.50. The Morgan fingerprint density at radius 3 is 2.87 bits per heavy atom. The normalized spacial score (nSPS) is 23.9. The molecule has 4 nitrogen and oxygen atoms in total. The number of H-pyrrole nitrogens is 1. The fourth-order valence-electron chi connectivity index (χ4n) is 5.68. The predicted molar refractivity (Wildman–Crippen MR) is 121 cm³/mol. The number of benzene rings is 2. The van der Waals surface area contributed by atoms with Gasteiger partial charge in [-0.1, -0.05) is 18.2 Å². The molecule has 0 radical (unpaired) electrons. The number of fused-ring (bicyclic) bond motifs is 4. The lowest BCUT2D eigenvalue weighted by Crippen LogP contribution is -2.53. The molecule has 2 aromatic carbocycles. The van der Waals surface area contributed by atoms with Crippen LogP contribution in [0.15, 0.2) is 48.7 Å². The smallest absolute Gasteiger partial charge is 0.122 e. The van der Waals surface area contributed by atoms with Crippen molar-refractivity contribution < 1.29 is 9.84 Å². The van der Waals surface area contributed by atoms with Crippen molar-refractivity contribution in [3.8, 4) is 5.75 Å². The molecule has 3 unspecified atom stereocenters. The molecular weight excluding hydrogens is 372 g/mol. The SMILES string of the molecule is Cc1ccc(CN2CC3CCC2C(Cc2ccc4[nH]ccc4c2)C3)cc1OCCO. The van der Waals surface area contributed by atoms with Gasteiger partial charge in [0.2, 0.25) is 0 Å². The van der Waals surface area contributed by atoms with E-state index in [1.807, 2.05) is 6.20 Å². The molecule has 3 atom stereocenters. The van der Waals surface area contributed by atoms with E-state index in [1.54, 1.807) is 0 Å². The van der Waals surface area contributed by atoms with Crippen LogP contribution in [0.3, 0.4) is 0 Å². The standard InChI is InChI=1S/C26H32N2O2/c1-18-2-3-21(15-26(18)30-11-10-29)17-28-16-20-5-7-25(28)23(14-20)13-19-4-6-24-22(12-19)8-9-27-24/h2-4,6,8-9,12,15,20,23,25,27,29H,5,7,10-11,13-14,16-17H2,1H3. The number of aromatic amines is 1. The zero-order chi connectivity index (χ0) is 20.5. The first kappa shape index (κ1) is 19.7. The second-order valence-electron chi connectivity index (χ2n) is 9.21. The van der Waals surface area contributed by atoms with Gasteiger partial charge in [0.25, 0.3) is 0 Å². The molecule has 1 aliphatic carbocycles. The van der Waals surface area contributed by atoms with Crippen molar-refractivity contribution in [3.63, 3.8) is 0 Å². The number of rotatable bonds is 7. The van der Waals surface area contributed by atoms with E-state index in [0.29, 0.717) is 12.6 Å². The summed E-state index contributed by atoms with van der Waals surface area (Å²) in [5.41, 5.74) is 5.14. The Bertz CT molecular complexity index is 1010. The molecule has 3 heterocycles. The highest BCUT2D eigenvalue weighted by Crippen LogP contribution is 2.41. The molecule has 30 heavy (non-hydrogen) atoms. The third-order valence-corrected chi connectivity index (χ3v) is 7.12. The quantitative estimate of drug-likeness (QED) is 0.601. The third kappa shape index (κ3) is 3.99. The summed E-state index contributed by atoms with van der Waals surface area (Å²) in [5, 5.41) is 10.4. The summed E-state index contributed by atoms with van der Waals surface area (Å²) in [7, 11) is 0. The molecule has 2 bridgehead atoms. The Labute approximate surface area is 178 Å². The Morgan fingerprint density at radius 1 is 1.10 bits per heavy atom. The minimum atomic E-state index is 0.0514. The maximum absolute atomic E-state index is 9.08. The second-order valence-corrected chi connectivity index (χ2v) is 9.21. The van der Waals surface area contributed by atoms with E-state index in [-0.39, 0.29) is 6.61 Å². The van der Waals surface area contributed by atoms with E-state index in [4.69, 9.17) is 9.84 Å². The molecule has 4 heteroatoms. The topological polar surface area (TPSA) is 48.5 Å². The molecule has 3 aromatic rings. The Hall–Kier alpha value is -2.30. The van der Waals surface area contributed by atoms with Gasteiger partial charge in [-0.05, 0) is 90.8 Å². The number of aromatic nitrogens is 1. The molecule has 1 saturated carbocycles. The second kappa shape index (κ2) is 8.44. The van der Waals surface area contributed by atoms with Crippen molar-refractivity contribution in [1.29, 1.82) is 0 Å². The van der Waals surface area contributed by atoms with Crippen LogP contribution in [-0.4, -0.2) is 40.8 Å². The molecule has 3 fully saturated rings. The molecule has 2 N–H and O–H groups in total. The third-order valence-electron chi connectivity index (χ3n) is 7.12. The van der Waals surface area contributed by atoms with Gasteiger partial charge in [0.15, 0.2) is 0 Å². The summed E-state index contributed by atoms with van der Waals surface area (Å²) in [4.78, 5) is 6.02. The number of aliphatic hydroxyl groups excluding tert-OH is 1. The van der Waals surface area contributed by atoms with Crippen molar-refractivity contribution in [2.45, 2.75) is 45.2 Å². The van der Waals surface area contributed by atoms with Crippen LogP contribution < -0.4 is 4.74 Å². The fraction of sp³-hybridized carbons (Fsp3) is 0.462. The molecule has 0 spiro atoms. The number of aryl methyl sites for hydroxylation is 1. The van der Waals surface area contributed by atoms with Crippen LogP contribution in [0.4, 0.5) is 0 Å². The van der Waals surface area contributed by atoms with Gasteiger partial charge in [-0.15, -0.1) is 0 Å². The van der Waals surface area contributed by atoms with Crippen molar-refractivity contribution in [2.75, 3.05) is 19.8 Å². The van der Waals surface area contributed by atoms with Gasteiger partial charge in [0, 0.05) is 30.8 Å². The highest BCUT2D eigenvalue weighted by molar-refractivity contribution is 5.79. The number of hydrogen-bond donors (Lipinski definition) is 2. The van der Waals surface area contributed by atoms with Gasteiger partial charge in [0.05, 0.1) is 6.61 Å². The van der Waals surface area contributed by atoms with E-state index in [1.165, 1.54) is 54.3 Å². The number of ether oxygens (including phenoxy) is 1. The number of aliphatic hydroxyl groups is 1. The lowest BCUT2D eigenvalue weighted by molar-refractivity contribution is -0.00435. The molecular formula is C26H32N2O2. The average molecular weight is 405 g/mol. The highest BCUT2D eigenvalue weighted by atomic mass is 16.5. The molecule has 1 aromatic heterocycles. The Morgan fingerprint density at radius 2 is 2.00 bits per heavy atom. The molecule has 2 aliphatic heterocycles. The maximum Gasteiger partial charge on any atom is 0.122 e. The Kier molecular flexibility index (Phi) is 5.53. The van der Waals surface area contributed by atoms with E-state index in [9.17, 15) is 0 Å². The summed E-state index contributed by atoms with van der Waals surface area (Å²) in [6, 6.07) is 16.3. The van der Waals surface area contributed by atoms with Gasteiger partial charge in [-0.3, -0.25) is 4.90 Å². The zero-order valence-electron chi connectivity index (χ0n) is 17.8. The summed E-state index contributed by atoms with van der Waals surface area (Å²) in [6.45, 7) is 4.68. The van der Waals surface area contributed by atoms with E-state index < -0.39 is 0 Å². The van der Waals surface area contributed by atoms with Crippen molar-refractivity contribution in [3.05, 3.63) is 65.4 Å². The molecule has 6 rings (SSSR count). The van der Waals surface area contributed by atoms with Gasteiger partial charge >= 0.3 is 0 Å². The first-order chi connectivity index (χ1) is 14.7. The van der Waals surface area contributed by atoms with Crippen molar-refractivity contribution in [1.82, 2.24) is 9.88 Å². The van der Waals surface area contributed by atoms with E-state index in [0.717, 1.165) is 29.7 Å². The lowest BCUT2D eigenvalue weighted by atomic mass is 9.70. The van der Waals surface area contributed by atoms with Gasteiger partial charge in [0.1, 0.15) is 12.4 Å². The molecule has 3 aliphatic rings. The molecule has 2 saturated heterocycles. The summed E-state index contributed by atoms with van der Waals surface area (Å²) in [6.07, 6.45) is 7.27. The van der Waals surface area contributed by atoms with Crippen LogP contribution in [0.5, 0.6) is 5.75 Å². The van der Waals surface area contributed by atoms with Crippen LogP contribution >= 0.6 is 0 Å². The first-order valence-corrected chi connectivity index (χ1v) is 11.3. The van der Waals surface area contributed by atoms with Gasteiger partial charge in [-0.2, -0.15) is 0 Å². The van der Waals surface area contributed by atoms with Gasteiger partial charge < -0.3 is 14.8 Å². The van der Waals surface area contributed by atoms with Crippen molar-refractivity contribution in [2.24, 2.45) is 11.8 Å². The predicted octanol–water partition coefficient (Wildman–Crippen LogP) is 4.69. The van der Waals surface area contributed by atoms with Crippen LogP contribution in [0.2, 0.25) is 0 Å². The first-order valence-electron chi connectivity index (χ1n) is 11.3. The minimum absolute atomic E-state index is 0.0514. The summed E-state index contributed by atoms with van der Waals surface area (Å²) >= 11 is 0. The van der Waals surface area contributed by atoms with Crippen molar-refractivity contribution >= 4 is 10.9 Å². The number of hydrogen-bond acceptors (Lipinski definition) is 3. The zero-order valence-corrected chi connectivity index (χ0v) is 17.8. The van der Waals surface area contributed by atoms with Crippen LogP contribution in [0.1, 0.15) is 36.0 Å². The van der Waals surface area contributed by atoms with Crippen LogP contribution in [0.25, 0.3) is 10.9 Å². The maximum atomic E-state index is 9.08. The van der Waals surface area contributed by atoms with Crippen LogP contribution in [0, 0.1) is 18.8 Å². The van der Waals surface area contributed by atoms with E-state index in [2.05, 4.69) is 59.3 Å².